The first-order chi connectivity index (χ1) is 8.21. The van der Waals surface area contributed by atoms with Crippen LogP contribution in [0, 0.1) is 0 Å². The lowest BCUT2D eigenvalue weighted by molar-refractivity contribution is 0.274. The summed E-state index contributed by atoms with van der Waals surface area (Å²) >= 11 is 0. The molecule has 2 atom stereocenters. The lowest BCUT2D eigenvalue weighted by Gasteiger charge is -2.21. The fourth-order valence-corrected chi connectivity index (χ4v) is 1.86. The van der Waals surface area contributed by atoms with Gasteiger partial charge in [-0.3, -0.25) is 4.68 Å². The predicted molar refractivity (Wildman–Crippen MR) is 68.6 cm³/mol. The van der Waals surface area contributed by atoms with E-state index in [-0.39, 0.29) is 12.6 Å². The Bertz CT molecular complexity index is 313. The molecule has 2 unspecified atom stereocenters. The van der Waals surface area contributed by atoms with Gasteiger partial charge < -0.3 is 16.2 Å². The highest BCUT2D eigenvalue weighted by Gasteiger charge is 2.14. The maximum absolute atomic E-state index is 8.79. The smallest absolute Gasteiger partial charge is 0.0538 e. The zero-order valence-corrected chi connectivity index (χ0v) is 10.8. The van der Waals surface area contributed by atoms with Crippen molar-refractivity contribution in [2.75, 3.05) is 13.2 Å². The van der Waals surface area contributed by atoms with Crippen molar-refractivity contribution in [2.45, 2.75) is 45.3 Å². The minimum Gasteiger partial charge on any atom is -0.396 e. The van der Waals surface area contributed by atoms with Crippen molar-refractivity contribution in [1.29, 1.82) is 0 Å². The summed E-state index contributed by atoms with van der Waals surface area (Å²) in [6.07, 6.45) is 5.67. The average molecular weight is 240 g/mol. The van der Waals surface area contributed by atoms with E-state index >= 15 is 0 Å². The number of nitrogens with two attached hydrogens (primary N) is 1. The van der Waals surface area contributed by atoms with Gasteiger partial charge in [0.25, 0.3) is 0 Å². The van der Waals surface area contributed by atoms with Gasteiger partial charge in [0.05, 0.1) is 6.20 Å². The molecule has 0 amide bonds. The molecule has 1 aromatic heterocycles. The Balaban J connectivity index is 2.52. The number of rotatable bonds is 8. The summed E-state index contributed by atoms with van der Waals surface area (Å²) in [5, 5.41) is 16.5. The first-order valence-electron chi connectivity index (χ1n) is 6.30. The molecule has 98 valence electrons. The standard InChI is InChI=1S/C12H24N4O/c1-3-16-9-11(8-14-16)12(7-13)15-10(2)5-4-6-17/h8-10,12,15,17H,3-7,13H2,1-2H3. The molecule has 0 bridgehead atoms. The second-order valence-electron chi connectivity index (χ2n) is 4.35. The van der Waals surface area contributed by atoms with E-state index in [9.17, 15) is 0 Å². The number of hydrogen-bond donors (Lipinski definition) is 3. The average Bonchev–Trinajstić information content (AvgIpc) is 2.82. The van der Waals surface area contributed by atoms with Gasteiger partial charge in [-0.25, -0.2) is 0 Å². The normalized spacial score (nSPS) is 14.8. The van der Waals surface area contributed by atoms with E-state index in [1.807, 2.05) is 17.1 Å². The Morgan fingerprint density at radius 3 is 2.88 bits per heavy atom. The van der Waals surface area contributed by atoms with Crippen molar-refractivity contribution in [3.05, 3.63) is 18.0 Å². The molecule has 0 aliphatic rings. The SMILES string of the molecule is CCn1cc(C(CN)NC(C)CCCO)cn1. The third-order valence-electron chi connectivity index (χ3n) is 2.90. The summed E-state index contributed by atoms with van der Waals surface area (Å²) in [6, 6.07) is 0.490. The number of aryl methyl sites for hydroxylation is 1. The van der Waals surface area contributed by atoms with Crippen molar-refractivity contribution >= 4 is 0 Å². The molecule has 5 heteroatoms. The minimum atomic E-state index is 0.143. The van der Waals surface area contributed by atoms with Gasteiger partial charge in [-0.15, -0.1) is 0 Å². The van der Waals surface area contributed by atoms with Crippen LogP contribution < -0.4 is 11.1 Å². The Kier molecular flexibility index (Phi) is 6.18. The monoisotopic (exact) mass is 240 g/mol. The van der Waals surface area contributed by atoms with Crippen LogP contribution in [0.15, 0.2) is 12.4 Å². The van der Waals surface area contributed by atoms with Crippen LogP contribution in [0.4, 0.5) is 0 Å². The lowest BCUT2D eigenvalue weighted by atomic mass is 10.1. The van der Waals surface area contributed by atoms with Gasteiger partial charge in [-0.05, 0) is 26.7 Å². The van der Waals surface area contributed by atoms with Crippen molar-refractivity contribution in [3.8, 4) is 0 Å². The van der Waals surface area contributed by atoms with E-state index in [1.54, 1.807) is 0 Å². The summed E-state index contributed by atoms with van der Waals surface area (Å²) in [5.41, 5.74) is 6.91. The Morgan fingerprint density at radius 1 is 1.59 bits per heavy atom. The fraction of sp³-hybridized carbons (Fsp3) is 0.750. The summed E-state index contributed by atoms with van der Waals surface area (Å²) in [4.78, 5) is 0. The molecular formula is C12H24N4O. The van der Waals surface area contributed by atoms with E-state index in [4.69, 9.17) is 10.8 Å². The Hall–Kier alpha value is -0.910. The number of aromatic nitrogens is 2. The molecular weight excluding hydrogens is 216 g/mol. The topological polar surface area (TPSA) is 76.1 Å². The van der Waals surface area contributed by atoms with Gasteiger partial charge in [-0.1, -0.05) is 0 Å². The highest BCUT2D eigenvalue weighted by Crippen LogP contribution is 2.12. The quantitative estimate of drug-likeness (QED) is 0.624. The third kappa shape index (κ3) is 4.46. The largest absolute Gasteiger partial charge is 0.396 e. The summed E-state index contributed by atoms with van der Waals surface area (Å²) in [7, 11) is 0. The van der Waals surface area contributed by atoms with E-state index in [1.165, 1.54) is 0 Å². The van der Waals surface area contributed by atoms with Crippen LogP contribution >= 0.6 is 0 Å². The van der Waals surface area contributed by atoms with Gasteiger partial charge in [0.2, 0.25) is 0 Å². The molecule has 0 aromatic carbocycles. The molecule has 1 aromatic rings. The van der Waals surface area contributed by atoms with Crippen LogP contribution in [0.25, 0.3) is 0 Å². The van der Waals surface area contributed by atoms with E-state index in [0.717, 1.165) is 24.9 Å². The predicted octanol–water partition coefficient (Wildman–Crippen LogP) is 0.653. The van der Waals surface area contributed by atoms with Gasteiger partial charge in [0.1, 0.15) is 0 Å². The molecule has 0 spiro atoms. The van der Waals surface area contributed by atoms with Crippen molar-refractivity contribution in [3.63, 3.8) is 0 Å². The highest BCUT2D eigenvalue weighted by molar-refractivity contribution is 5.11. The van der Waals surface area contributed by atoms with Gasteiger partial charge in [0, 0.05) is 43.5 Å². The van der Waals surface area contributed by atoms with Crippen molar-refractivity contribution in [1.82, 2.24) is 15.1 Å². The number of aliphatic hydroxyl groups is 1. The van der Waals surface area contributed by atoms with Crippen molar-refractivity contribution in [2.24, 2.45) is 5.73 Å². The molecule has 17 heavy (non-hydrogen) atoms. The molecule has 0 fully saturated rings. The Labute approximate surface area is 103 Å². The molecule has 0 saturated carbocycles. The third-order valence-corrected chi connectivity index (χ3v) is 2.90. The van der Waals surface area contributed by atoms with Crippen molar-refractivity contribution < 1.29 is 5.11 Å². The number of nitrogens with one attached hydrogen (secondary N) is 1. The summed E-state index contributed by atoms with van der Waals surface area (Å²) in [6.45, 7) is 5.84. The van der Waals surface area contributed by atoms with Crippen LogP contribution in [-0.4, -0.2) is 34.1 Å². The zero-order chi connectivity index (χ0) is 12.7. The minimum absolute atomic E-state index is 0.143. The molecule has 0 saturated heterocycles. The fourth-order valence-electron chi connectivity index (χ4n) is 1.86. The molecule has 0 aliphatic heterocycles. The van der Waals surface area contributed by atoms with Gasteiger partial charge in [0.15, 0.2) is 0 Å². The molecule has 1 rings (SSSR count). The van der Waals surface area contributed by atoms with Crippen LogP contribution in [-0.2, 0) is 6.54 Å². The van der Waals surface area contributed by atoms with Gasteiger partial charge in [-0.2, -0.15) is 5.10 Å². The summed E-state index contributed by atoms with van der Waals surface area (Å²) < 4.78 is 1.90. The number of aliphatic hydroxyl groups excluding tert-OH is 1. The maximum Gasteiger partial charge on any atom is 0.0538 e. The van der Waals surface area contributed by atoms with Crippen LogP contribution in [0.3, 0.4) is 0 Å². The molecule has 4 N–H and O–H groups in total. The van der Waals surface area contributed by atoms with E-state index in [2.05, 4.69) is 24.3 Å². The molecule has 5 nitrogen and oxygen atoms in total. The van der Waals surface area contributed by atoms with Crippen LogP contribution in [0.1, 0.15) is 38.3 Å². The zero-order valence-electron chi connectivity index (χ0n) is 10.8. The summed E-state index contributed by atoms with van der Waals surface area (Å²) in [5.74, 6) is 0. The van der Waals surface area contributed by atoms with Crippen LogP contribution in [0.2, 0.25) is 0 Å². The van der Waals surface area contributed by atoms with E-state index in [0.29, 0.717) is 12.6 Å². The number of hydrogen-bond acceptors (Lipinski definition) is 4. The second kappa shape index (κ2) is 7.42. The maximum atomic E-state index is 8.79. The molecule has 1 heterocycles. The molecule has 0 aliphatic carbocycles. The first-order valence-corrected chi connectivity index (χ1v) is 6.30. The number of nitrogens with zero attached hydrogens (tertiary/aromatic N) is 2. The molecule has 0 radical (unpaired) electrons. The first kappa shape index (κ1) is 14.2. The highest BCUT2D eigenvalue weighted by atomic mass is 16.2. The van der Waals surface area contributed by atoms with Crippen LogP contribution in [0.5, 0.6) is 0 Å². The van der Waals surface area contributed by atoms with E-state index < -0.39 is 0 Å². The second-order valence-corrected chi connectivity index (χ2v) is 4.35. The Morgan fingerprint density at radius 2 is 2.35 bits per heavy atom. The van der Waals surface area contributed by atoms with Gasteiger partial charge >= 0.3 is 0 Å². The lowest BCUT2D eigenvalue weighted by Crippen LogP contribution is -2.34.